The van der Waals surface area contributed by atoms with E-state index in [1.165, 1.54) is 0 Å². The van der Waals surface area contributed by atoms with Gasteiger partial charge in [-0.3, -0.25) is 9.59 Å². The highest BCUT2D eigenvalue weighted by Crippen LogP contribution is 2.19. The molecule has 0 saturated heterocycles. The summed E-state index contributed by atoms with van der Waals surface area (Å²) in [6, 6.07) is 14.1. The Morgan fingerprint density at radius 3 is 1.64 bits per heavy atom. The summed E-state index contributed by atoms with van der Waals surface area (Å²) in [5.41, 5.74) is 0.926. The van der Waals surface area contributed by atoms with E-state index in [0.29, 0.717) is 11.1 Å². The van der Waals surface area contributed by atoms with Crippen LogP contribution in [-0.4, -0.2) is 22.1 Å². The van der Waals surface area contributed by atoms with Crippen LogP contribution in [0.15, 0.2) is 53.2 Å². The molecule has 0 saturated carbocycles. The van der Waals surface area contributed by atoms with Gasteiger partial charge in [0.1, 0.15) is 0 Å². The normalized spacial score (nSPS) is 10.3. The summed E-state index contributed by atoms with van der Waals surface area (Å²) >= 11 is 4.23. The van der Waals surface area contributed by atoms with Crippen molar-refractivity contribution in [2.24, 2.45) is 0 Å². The molecule has 0 aliphatic heterocycles. The number of amides is 2. The predicted octanol–water partition coefficient (Wildman–Crippen LogP) is 3.78. The number of aromatic nitrogens is 2. The molecule has 0 aliphatic carbocycles. The lowest BCUT2D eigenvalue weighted by Gasteiger charge is -2.05. The number of halogens is 2. The molecular formula is C16H10I2N4O3. The van der Waals surface area contributed by atoms with Gasteiger partial charge in [0.2, 0.25) is 11.6 Å². The summed E-state index contributed by atoms with van der Waals surface area (Å²) in [6.07, 6.45) is 0. The van der Waals surface area contributed by atoms with Crippen LogP contribution in [-0.2, 0) is 0 Å². The maximum absolute atomic E-state index is 12.3. The van der Waals surface area contributed by atoms with Gasteiger partial charge < -0.3 is 10.6 Å². The maximum Gasteiger partial charge on any atom is 0.257 e. The molecule has 0 unspecified atom stereocenters. The summed E-state index contributed by atoms with van der Waals surface area (Å²) in [5.74, 6) is -0.663. The summed E-state index contributed by atoms with van der Waals surface area (Å²) in [7, 11) is 0. The third-order valence-corrected chi connectivity index (χ3v) is 4.47. The number of nitrogens with one attached hydrogen (secondary N) is 2. The van der Waals surface area contributed by atoms with E-state index in [4.69, 9.17) is 0 Å². The molecule has 1 heterocycles. The quantitative estimate of drug-likeness (QED) is 0.474. The van der Waals surface area contributed by atoms with Crippen LogP contribution in [0.3, 0.4) is 0 Å². The van der Waals surface area contributed by atoms with Gasteiger partial charge >= 0.3 is 0 Å². The van der Waals surface area contributed by atoms with Gasteiger partial charge in [-0.15, -0.1) is 0 Å². The molecule has 126 valence electrons. The van der Waals surface area contributed by atoms with E-state index in [2.05, 4.69) is 70.8 Å². The molecule has 3 aromatic rings. The number of rotatable bonds is 4. The van der Waals surface area contributed by atoms with E-state index in [0.717, 1.165) is 7.14 Å². The van der Waals surface area contributed by atoms with Crippen molar-refractivity contribution in [3.63, 3.8) is 0 Å². The first-order chi connectivity index (χ1) is 12.0. The van der Waals surface area contributed by atoms with Crippen LogP contribution in [0.5, 0.6) is 0 Å². The fraction of sp³-hybridized carbons (Fsp3) is 0. The minimum Gasteiger partial charge on any atom is -0.300 e. The summed E-state index contributed by atoms with van der Waals surface area (Å²) in [5, 5.41) is 12.4. The fourth-order valence-electron chi connectivity index (χ4n) is 1.97. The number of benzene rings is 2. The fourth-order valence-corrected chi connectivity index (χ4v) is 3.06. The predicted molar refractivity (Wildman–Crippen MR) is 109 cm³/mol. The van der Waals surface area contributed by atoms with E-state index >= 15 is 0 Å². The Bertz CT molecular complexity index is 868. The highest BCUT2D eigenvalue weighted by molar-refractivity contribution is 14.1. The Labute approximate surface area is 169 Å². The van der Waals surface area contributed by atoms with Crippen molar-refractivity contribution in [2.75, 3.05) is 10.6 Å². The van der Waals surface area contributed by atoms with Gasteiger partial charge in [-0.25, -0.2) is 4.63 Å². The third kappa shape index (κ3) is 4.54. The Kier molecular flexibility index (Phi) is 5.63. The van der Waals surface area contributed by atoms with Crippen LogP contribution in [0.1, 0.15) is 20.7 Å². The molecule has 7 nitrogen and oxygen atoms in total. The molecule has 0 fully saturated rings. The number of nitrogens with zero attached hydrogens (tertiary/aromatic N) is 2. The van der Waals surface area contributed by atoms with Gasteiger partial charge in [-0.2, -0.15) is 0 Å². The van der Waals surface area contributed by atoms with Crippen molar-refractivity contribution in [1.82, 2.24) is 10.3 Å². The SMILES string of the molecule is O=C(Nc1nonc1NC(=O)c1cccc(I)c1)c1cccc(I)c1. The number of anilines is 2. The van der Waals surface area contributed by atoms with Crippen molar-refractivity contribution in [1.29, 1.82) is 0 Å². The van der Waals surface area contributed by atoms with E-state index in [9.17, 15) is 9.59 Å². The van der Waals surface area contributed by atoms with Crippen molar-refractivity contribution >= 4 is 68.6 Å². The van der Waals surface area contributed by atoms with Crippen LogP contribution < -0.4 is 10.6 Å². The second-order valence-corrected chi connectivity index (χ2v) is 7.38. The molecule has 0 aliphatic rings. The maximum atomic E-state index is 12.3. The van der Waals surface area contributed by atoms with E-state index in [1.807, 2.05) is 12.1 Å². The van der Waals surface area contributed by atoms with Crippen molar-refractivity contribution in [2.45, 2.75) is 0 Å². The van der Waals surface area contributed by atoms with Gasteiger partial charge in [0.25, 0.3) is 11.8 Å². The molecule has 1 aromatic heterocycles. The topological polar surface area (TPSA) is 97.1 Å². The lowest BCUT2D eigenvalue weighted by atomic mass is 10.2. The molecule has 9 heteroatoms. The Morgan fingerprint density at radius 2 is 1.24 bits per heavy atom. The van der Waals surface area contributed by atoms with Crippen LogP contribution in [0.25, 0.3) is 0 Å². The number of carbonyl (C=O) groups is 2. The molecule has 0 radical (unpaired) electrons. The van der Waals surface area contributed by atoms with Crippen LogP contribution in [0.4, 0.5) is 11.6 Å². The van der Waals surface area contributed by atoms with Crippen molar-refractivity contribution in [3.05, 3.63) is 66.8 Å². The molecule has 0 atom stereocenters. The smallest absolute Gasteiger partial charge is 0.257 e. The largest absolute Gasteiger partial charge is 0.300 e. The summed E-state index contributed by atoms with van der Waals surface area (Å²) in [6.45, 7) is 0. The molecule has 0 bridgehead atoms. The van der Waals surface area contributed by atoms with Gasteiger partial charge in [0, 0.05) is 18.3 Å². The highest BCUT2D eigenvalue weighted by atomic mass is 127. The van der Waals surface area contributed by atoms with Crippen LogP contribution in [0, 0.1) is 7.14 Å². The lowest BCUT2D eigenvalue weighted by Crippen LogP contribution is -2.17. The zero-order valence-electron chi connectivity index (χ0n) is 12.5. The van der Waals surface area contributed by atoms with E-state index < -0.39 is 0 Å². The first-order valence-corrected chi connectivity index (χ1v) is 9.15. The molecule has 0 spiro atoms. The molecular weight excluding hydrogens is 550 g/mol. The Balaban J connectivity index is 1.74. The average Bonchev–Trinajstić information content (AvgIpc) is 3.01. The first kappa shape index (κ1) is 17.8. The van der Waals surface area contributed by atoms with Gasteiger partial charge in [-0.1, -0.05) is 12.1 Å². The minimum atomic E-state index is -0.376. The first-order valence-electron chi connectivity index (χ1n) is 6.99. The zero-order valence-corrected chi connectivity index (χ0v) is 16.8. The Morgan fingerprint density at radius 1 is 0.800 bits per heavy atom. The van der Waals surface area contributed by atoms with Gasteiger partial charge in [0.15, 0.2) is 0 Å². The molecule has 2 aromatic carbocycles. The third-order valence-electron chi connectivity index (χ3n) is 3.13. The lowest BCUT2D eigenvalue weighted by molar-refractivity contribution is 0.101. The van der Waals surface area contributed by atoms with Crippen LogP contribution in [0.2, 0.25) is 0 Å². The molecule has 3 rings (SSSR count). The summed E-state index contributed by atoms with van der Waals surface area (Å²) < 4.78 is 6.49. The standard InChI is InChI=1S/C16H10I2N4O3/c17-11-5-1-3-9(7-11)15(23)19-13-14(22-25-21-13)20-16(24)10-4-2-6-12(18)8-10/h1-8H,(H,19,21,23)(H,20,22,24). The monoisotopic (exact) mass is 560 g/mol. The molecule has 2 N–H and O–H groups in total. The second-order valence-electron chi connectivity index (χ2n) is 4.89. The van der Waals surface area contributed by atoms with Gasteiger partial charge in [0.05, 0.1) is 0 Å². The average molecular weight is 560 g/mol. The number of hydrogen-bond donors (Lipinski definition) is 2. The van der Waals surface area contributed by atoms with E-state index in [1.54, 1.807) is 36.4 Å². The molecule has 2 amide bonds. The summed E-state index contributed by atoms with van der Waals surface area (Å²) in [4.78, 5) is 24.6. The van der Waals surface area contributed by atoms with Crippen molar-refractivity contribution < 1.29 is 14.2 Å². The number of carbonyl (C=O) groups excluding carboxylic acids is 2. The zero-order chi connectivity index (χ0) is 17.8. The Hall–Kier alpha value is -2.02. The second kappa shape index (κ2) is 7.91. The molecule has 25 heavy (non-hydrogen) atoms. The number of hydrogen-bond acceptors (Lipinski definition) is 5. The van der Waals surface area contributed by atoms with Gasteiger partial charge in [-0.05, 0) is 91.9 Å². The highest BCUT2D eigenvalue weighted by Gasteiger charge is 2.17. The van der Waals surface area contributed by atoms with E-state index in [-0.39, 0.29) is 23.5 Å². The van der Waals surface area contributed by atoms with Crippen molar-refractivity contribution in [3.8, 4) is 0 Å². The minimum absolute atomic E-state index is 0.0443. The van der Waals surface area contributed by atoms with Crippen LogP contribution >= 0.6 is 45.2 Å².